The SMILES string of the molecule is CCNC(c1ccnc(C)c1)c1cnn(CC)c1. The van der Waals surface area contributed by atoms with E-state index in [2.05, 4.69) is 47.6 Å². The van der Waals surface area contributed by atoms with Crippen LogP contribution >= 0.6 is 0 Å². The Bertz CT molecular complexity index is 504. The first-order valence-electron chi connectivity index (χ1n) is 6.42. The van der Waals surface area contributed by atoms with Crippen molar-refractivity contribution in [3.05, 3.63) is 47.5 Å². The number of aromatic nitrogens is 3. The summed E-state index contributed by atoms with van der Waals surface area (Å²) in [6.45, 7) is 8.04. The van der Waals surface area contributed by atoms with Crippen molar-refractivity contribution in [2.45, 2.75) is 33.4 Å². The number of pyridine rings is 1. The molecule has 0 fully saturated rings. The first kappa shape index (κ1) is 12.8. The molecule has 2 rings (SSSR count). The van der Waals surface area contributed by atoms with Gasteiger partial charge in [0.25, 0.3) is 0 Å². The fourth-order valence-corrected chi connectivity index (χ4v) is 2.08. The molecule has 0 bridgehead atoms. The lowest BCUT2D eigenvalue weighted by Gasteiger charge is -2.17. The Labute approximate surface area is 108 Å². The fourth-order valence-electron chi connectivity index (χ4n) is 2.08. The highest BCUT2D eigenvalue weighted by molar-refractivity contribution is 5.29. The van der Waals surface area contributed by atoms with E-state index in [0.29, 0.717) is 0 Å². The minimum Gasteiger partial charge on any atom is -0.306 e. The van der Waals surface area contributed by atoms with Crippen LogP contribution < -0.4 is 5.32 Å². The zero-order valence-corrected chi connectivity index (χ0v) is 11.2. The summed E-state index contributed by atoms with van der Waals surface area (Å²) >= 11 is 0. The molecule has 1 unspecified atom stereocenters. The Balaban J connectivity index is 2.33. The third kappa shape index (κ3) is 2.76. The van der Waals surface area contributed by atoms with Crippen LogP contribution in [0.1, 0.15) is 36.7 Å². The monoisotopic (exact) mass is 244 g/mol. The third-order valence-electron chi connectivity index (χ3n) is 2.97. The standard InChI is InChI=1S/C14H20N4/c1-4-15-14(12-6-7-16-11(3)8-12)13-9-17-18(5-2)10-13/h6-10,14-15H,4-5H2,1-3H3. The summed E-state index contributed by atoms with van der Waals surface area (Å²) in [6.07, 6.45) is 5.90. The molecule has 18 heavy (non-hydrogen) atoms. The van der Waals surface area contributed by atoms with Gasteiger partial charge in [-0.15, -0.1) is 0 Å². The van der Waals surface area contributed by atoms with E-state index in [-0.39, 0.29) is 6.04 Å². The number of nitrogens with one attached hydrogen (secondary N) is 1. The normalized spacial score (nSPS) is 12.6. The Morgan fingerprint density at radius 2 is 2.17 bits per heavy atom. The molecule has 96 valence electrons. The molecule has 0 spiro atoms. The van der Waals surface area contributed by atoms with E-state index in [1.165, 1.54) is 11.1 Å². The van der Waals surface area contributed by atoms with Gasteiger partial charge >= 0.3 is 0 Å². The van der Waals surface area contributed by atoms with Crippen molar-refractivity contribution in [1.29, 1.82) is 0 Å². The number of aryl methyl sites for hydroxylation is 2. The van der Waals surface area contributed by atoms with Crippen LogP contribution in [-0.4, -0.2) is 21.3 Å². The number of nitrogens with zero attached hydrogens (tertiary/aromatic N) is 3. The Kier molecular flexibility index (Phi) is 4.10. The molecule has 2 heterocycles. The second kappa shape index (κ2) is 5.78. The molecule has 0 radical (unpaired) electrons. The van der Waals surface area contributed by atoms with Crippen molar-refractivity contribution < 1.29 is 0 Å². The van der Waals surface area contributed by atoms with Crippen LogP contribution in [0.5, 0.6) is 0 Å². The van der Waals surface area contributed by atoms with Crippen LogP contribution in [0.4, 0.5) is 0 Å². The van der Waals surface area contributed by atoms with Crippen LogP contribution in [0.25, 0.3) is 0 Å². The quantitative estimate of drug-likeness (QED) is 0.877. The highest BCUT2D eigenvalue weighted by atomic mass is 15.3. The Morgan fingerprint density at radius 3 is 2.78 bits per heavy atom. The van der Waals surface area contributed by atoms with Crippen molar-refractivity contribution in [3.63, 3.8) is 0 Å². The number of rotatable bonds is 5. The van der Waals surface area contributed by atoms with E-state index in [4.69, 9.17) is 0 Å². The van der Waals surface area contributed by atoms with Gasteiger partial charge in [-0.3, -0.25) is 9.67 Å². The predicted octanol–water partition coefficient (Wildman–Crippen LogP) is 2.31. The largest absolute Gasteiger partial charge is 0.306 e. The van der Waals surface area contributed by atoms with Gasteiger partial charge in [0.05, 0.1) is 12.2 Å². The van der Waals surface area contributed by atoms with E-state index in [0.717, 1.165) is 18.8 Å². The molecule has 0 aliphatic rings. The first-order chi connectivity index (χ1) is 8.74. The molecule has 0 saturated heterocycles. The van der Waals surface area contributed by atoms with E-state index >= 15 is 0 Å². The lowest BCUT2D eigenvalue weighted by atomic mass is 10.0. The highest BCUT2D eigenvalue weighted by Crippen LogP contribution is 2.21. The molecule has 0 aliphatic carbocycles. The zero-order valence-electron chi connectivity index (χ0n) is 11.2. The molecular weight excluding hydrogens is 224 g/mol. The Morgan fingerprint density at radius 1 is 1.33 bits per heavy atom. The van der Waals surface area contributed by atoms with E-state index in [1.807, 2.05) is 24.0 Å². The Hall–Kier alpha value is -1.68. The van der Waals surface area contributed by atoms with Crippen molar-refractivity contribution in [1.82, 2.24) is 20.1 Å². The molecule has 1 N–H and O–H groups in total. The summed E-state index contributed by atoms with van der Waals surface area (Å²) < 4.78 is 1.95. The predicted molar refractivity (Wildman–Crippen MR) is 72.4 cm³/mol. The summed E-state index contributed by atoms with van der Waals surface area (Å²) in [5, 5.41) is 7.85. The molecule has 0 aliphatic heterocycles. The average Bonchev–Trinajstić information content (AvgIpc) is 2.84. The molecule has 2 aromatic rings. The van der Waals surface area contributed by atoms with Gasteiger partial charge in [-0.1, -0.05) is 6.92 Å². The summed E-state index contributed by atoms with van der Waals surface area (Å²) in [7, 11) is 0. The maximum atomic E-state index is 4.35. The van der Waals surface area contributed by atoms with Gasteiger partial charge in [0.1, 0.15) is 0 Å². The van der Waals surface area contributed by atoms with Crippen molar-refractivity contribution in [2.75, 3.05) is 6.54 Å². The minimum absolute atomic E-state index is 0.192. The average molecular weight is 244 g/mol. The second-order valence-corrected chi connectivity index (χ2v) is 4.35. The van der Waals surface area contributed by atoms with Gasteiger partial charge in [0, 0.05) is 30.2 Å². The van der Waals surface area contributed by atoms with Crippen LogP contribution in [-0.2, 0) is 6.54 Å². The molecule has 0 amide bonds. The van der Waals surface area contributed by atoms with E-state index in [9.17, 15) is 0 Å². The first-order valence-corrected chi connectivity index (χ1v) is 6.42. The summed E-state index contributed by atoms with van der Waals surface area (Å²) in [5.41, 5.74) is 3.47. The van der Waals surface area contributed by atoms with E-state index < -0.39 is 0 Å². The van der Waals surface area contributed by atoms with Gasteiger partial charge < -0.3 is 5.32 Å². The maximum Gasteiger partial charge on any atom is 0.0609 e. The second-order valence-electron chi connectivity index (χ2n) is 4.35. The molecule has 4 nitrogen and oxygen atoms in total. The molecule has 0 saturated carbocycles. The minimum atomic E-state index is 0.192. The van der Waals surface area contributed by atoms with Crippen LogP contribution in [0, 0.1) is 6.92 Å². The van der Waals surface area contributed by atoms with E-state index in [1.54, 1.807) is 0 Å². The highest BCUT2D eigenvalue weighted by Gasteiger charge is 2.14. The summed E-state index contributed by atoms with van der Waals surface area (Å²) in [6, 6.07) is 4.37. The van der Waals surface area contributed by atoms with Gasteiger partial charge in [-0.05, 0) is 38.1 Å². The number of hydrogen-bond acceptors (Lipinski definition) is 3. The van der Waals surface area contributed by atoms with Crippen LogP contribution in [0.2, 0.25) is 0 Å². The lowest BCUT2D eigenvalue weighted by Crippen LogP contribution is -2.21. The maximum absolute atomic E-state index is 4.35. The van der Waals surface area contributed by atoms with Gasteiger partial charge in [0.2, 0.25) is 0 Å². The fraction of sp³-hybridized carbons (Fsp3) is 0.429. The third-order valence-corrected chi connectivity index (χ3v) is 2.97. The van der Waals surface area contributed by atoms with Gasteiger partial charge in [0.15, 0.2) is 0 Å². The smallest absolute Gasteiger partial charge is 0.0609 e. The van der Waals surface area contributed by atoms with Crippen molar-refractivity contribution in [2.24, 2.45) is 0 Å². The molecule has 2 aromatic heterocycles. The topological polar surface area (TPSA) is 42.7 Å². The van der Waals surface area contributed by atoms with Gasteiger partial charge in [-0.2, -0.15) is 5.10 Å². The molecule has 1 atom stereocenters. The van der Waals surface area contributed by atoms with Gasteiger partial charge in [-0.25, -0.2) is 0 Å². The van der Waals surface area contributed by atoms with Crippen molar-refractivity contribution >= 4 is 0 Å². The summed E-state index contributed by atoms with van der Waals surface area (Å²) in [5.74, 6) is 0. The molecule has 0 aromatic carbocycles. The number of hydrogen-bond donors (Lipinski definition) is 1. The van der Waals surface area contributed by atoms with Crippen LogP contribution in [0.15, 0.2) is 30.7 Å². The zero-order chi connectivity index (χ0) is 13.0. The lowest BCUT2D eigenvalue weighted by molar-refractivity contribution is 0.624. The summed E-state index contributed by atoms with van der Waals surface area (Å²) in [4.78, 5) is 4.25. The molecule has 4 heteroatoms. The molecular formula is C14H20N4. The van der Waals surface area contributed by atoms with Crippen LogP contribution in [0.3, 0.4) is 0 Å². The van der Waals surface area contributed by atoms with Crippen molar-refractivity contribution in [3.8, 4) is 0 Å².